The Bertz CT molecular complexity index is 905. The number of carbonyl (C=O) groups excluding carboxylic acids is 3. The first-order valence-corrected chi connectivity index (χ1v) is 9.23. The zero-order valence-electron chi connectivity index (χ0n) is 15.9. The summed E-state index contributed by atoms with van der Waals surface area (Å²) in [5, 5.41) is 2.93. The molecule has 0 bridgehead atoms. The largest absolute Gasteiger partial charge is 0.449 e. The lowest BCUT2D eigenvalue weighted by Gasteiger charge is -2.18. The van der Waals surface area contributed by atoms with Crippen LogP contribution in [0, 0.1) is 5.41 Å². The van der Waals surface area contributed by atoms with Crippen LogP contribution in [-0.4, -0.2) is 28.7 Å². The molecule has 0 spiro atoms. The van der Waals surface area contributed by atoms with Gasteiger partial charge < -0.3 is 10.1 Å². The highest BCUT2D eigenvalue weighted by Crippen LogP contribution is 2.20. The third-order valence-corrected chi connectivity index (χ3v) is 4.28. The number of pyridine rings is 1. The number of benzene rings is 1. The first kappa shape index (κ1) is 21.9. The van der Waals surface area contributed by atoms with Crippen molar-refractivity contribution >= 4 is 46.5 Å². The fraction of sp³-hybridized carbons (Fsp3) is 0.300. The molecular weight excluding hydrogens is 403 g/mol. The lowest BCUT2D eigenvalue weighted by Crippen LogP contribution is -2.27. The number of nitrogens with one attached hydrogen (secondary N) is 1. The van der Waals surface area contributed by atoms with Gasteiger partial charge in [-0.3, -0.25) is 9.59 Å². The summed E-state index contributed by atoms with van der Waals surface area (Å²) >= 11 is 11.7. The minimum absolute atomic E-state index is 0.0768. The molecule has 1 aromatic carbocycles. The Balaban J connectivity index is 2.05. The maximum absolute atomic E-state index is 12.5. The van der Waals surface area contributed by atoms with Crippen molar-refractivity contribution in [2.75, 3.05) is 5.32 Å². The number of hydrogen-bond acceptors (Lipinski definition) is 5. The summed E-state index contributed by atoms with van der Waals surface area (Å²) < 4.78 is 5.16. The molecule has 8 heteroatoms. The van der Waals surface area contributed by atoms with E-state index in [1.807, 2.05) is 0 Å². The van der Waals surface area contributed by atoms with E-state index in [0.29, 0.717) is 11.3 Å². The van der Waals surface area contributed by atoms with E-state index in [9.17, 15) is 14.4 Å². The van der Waals surface area contributed by atoms with Crippen molar-refractivity contribution in [1.29, 1.82) is 0 Å². The Morgan fingerprint density at radius 3 is 2.21 bits per heavy atom. The molecule has 1 aromatic heterocycles. The van der Waals surface area contributed by atoms with E-state index in [0.717, 1.165) is 0 Å². The van der Waals surface area contributed by atoms with E-state index in [1.165, 1.54) is 19.1 Å². The maximum atomic E-state index is 12.5. The van der Waals surface area contributed by atoms with Crippen LogP contribution in [0.1, 0.15) is 48.5 Å². The van der Waals surface area contributed by atoms with Gasteiger partial charge in [-0.15, -0.1) is 0 Å². The van der Waals surface area contributed by atoms with Crippen molar-refractivity contribution < 1.29 is 19.1 Å². The number of carbonyl (C=O) groups is 3. The number of ketones is 1. The second kappa shape index (κ2) is 8.71. The van der Waals surface area contributed by atoms with E-state index in [4.69, 9.17) is 27.9 Å². The summed E-state index contributed by atoms with van der Waals surface area (Å²) in [7, 11) is 0. The molecule has 0 saturated heterocycles. The van der Waals surface area contributed by atoms with Crippen molar-refractivity contribution in [3.05, 3.63) is 57.8 Å². The molecular formula is C20H20Cl2N2O4. The van der Waals surface area contributed by atoms with E-state index in [2.05, 4.69) is 10.3 Å². The summed E-state index contributed by atoms with van der Waals surface area (Å²) in [6, 6.07) is 9.19. The Hall–Kier alpha value is -2.44. The zero-order chi connectivity index (χ0) is 21.1. The number of Topliss-reactive ketones (excluding diaryl/α,β-unsaturated/α-hetero) is 1. The van der Waals surface area contributed by atoms with Crippen molar-refractivity contribution in [2.24, 2.45) is 5.41 Å². The average molecular weight is 423 g/mol. The molecule has 0 radical (unpaired) electrons. The van der Waals surface area contributed by atoms with Gasteiger partial charge in [-0.25, -0.2) is 9.78 Å². The van der Waals surface area contributed by atoms with Crippen LogP contribution in [0.5, 0.6) is 0 Å². The van der Waals surface area contributed by atoms with Gasteiger partial charge in [0, 0.05) is 16.7 Å². The molecule has 1 N–H and O–H groups in total. The molecule has 2 rings (SSSR count). The second-order valence-corrected chi connectivity index (χ2v) is 7.95. The lowest BCUT2D eigenvalue weighted by atomic mass is 9.95. The Kier molecular flexibility index (Phi) is 6.80. The second-order valence-electron chi connectivity index (χ2n) is 7.16. The van der Waals surface area contributed by atoms with E-state index in [1.54, 1.807) is 45.0 Å². The Morgan fingerprint density at radius 2 is 1.64 bits per heavy atom. The molecule has 1 unspecified atom stereocenters. The van der Waals surface area contributed by atoms with Crippen molar-refractivity contribution in [3.8, 4) is 0 Å². The molecule has 1 amide bonds. The van der Waals surface area contributed by atoms with Gasteiger partial charge in [0.25, 0.3) is 0 Å². The number of nitrogens with zero attached hydrogens (tertiary/aromatic N) is 1. The fourth-order valence-electron chi connectivity index (χ4n) is 2.10. The molecule has 148 valence electrons. The summed E-state index contributed by atoms with van der Waals surface area (Å²) in [5.41, 5.74) is 0.205. The molecule has 0 aliphatic carbocycles. The quantitative estimate of drug-likeness (QED) is 0.424. The highest BCUT2D eigenvalue weighted by molar-refractivity contribution is 6.34. The number of hydrogen-bond donors (Lipinski definition) is 1. The molecule has 28 heavy (non-hydrogen) atoms. The van der Waals surface area contributed by atoms with Crippen LogP contribution in [0.4, 0.5) is 5.69 Å². The molecule has 1 atom stereocenters. The third-order valence-electron chi connectivity index (χ3n) is 3.77. The number of amides is 1. The van der Waals surface area contributed by atoms with Crippen LogP contribution in [0.3, 0.4) is 0 Å². The summed E-state index contributed by atoms with van der Waals surface area (Å²) in [4.78, 5) is 40.5. The topological polar surface area (TPSA) is 85.4 Å². The van der Waals surface area contributed by atoms with Crippen LogP contribution in [0.15, 0.2) is 36.4 Å². The molecule has 0 saturated carbocycles. The average Bonchev–Trinajstić information content (AvgIpc) is 2.62. The number of ether oxygens (including phenoxy) is 1. The molecule has 6 nitrogen and oxygen atoms in total. The SMILES string of the molecule is CC(OC(=O)c1nc(Cl)ccc1Cl)C(=O)c1ccc(NC(=O)C(C)(C)C)cc1. The van der Waals surface area contributed by atoms with E-state index in [-0.39, 0.29) is 21.8 Å². The van der Waals surface area contributed by atoms with Crippen LogP contribution in [0.25, 0.3) is 0 Å². The van der Waals surface area contributed by atoms with E-state index < -0.39 is 23.3 Å². The first-order valence-electron chi connectivity index (χ1n) is 8.48. The molecule has 0 aliphatic heterocycles. The Labute approximate surface area is 173 Å². The van der Waals surface area contributed by atoms with Gasteiger partial charge in [0.15, 0.2) is 11.8 Å². The predicted octanol–water partition coefficient (Wildman–Crippen LogP) is 4.80. The lowest BCUT2D eigenvalue weighted by molar-refractivity contribution is -0.123. The first-order chi connectivity index (χ1) is 13.0. The minimum atomic E-state index is -1.06. The van der Waals surface area contributed by atoms with E-state index >= 15 is 0 Å². The molecule has 0 fully saturated rings. The van der Waals surface area contributed by atoms with Gasteiger partial charge in [0.1, 0.15) is 5.15 Å². The zero-order valence-corrected chi connectivity index (χ0v) is 17.4. The van der Waals surface area contributed by atoms with Crippen LogP contribution in [0.2, 0.25) is 10.2 Å². The minimum Gasteiger partial charge on any atom is -0.449 e. The monoisotopic (exact) mass is 422 g/mol. The number of rotatable bonds is 5. The summed E-state index contributed by atoms with van der Waals surface area (Å²) in [6.07, 6.45) is -1.06. The molecule has 0 aliphatic rings. The number of aromatic nitrogens is 1. The van der Waals surface area contributed by atoms with Gasteiger partial charge in [-0.1, -0.05) is 44.0 Å². The van der Waals surface area contributed by atoms with Crippen molar-refractivity contribution in [1.82, 2.24) is 4.98 Å². The number of halogens is 2. The van der Waals surface area contributed by atoms with Crippen LogP contribution < -0.4 is 5.32 Å². The van der Waals surface area contributed by atoms with Crippen molar-refractivity contribution in [3.63, 3.8) is 0 Å². The fourth-order valence-corrected chi connectivity index (χ4v) is 2.43. The predicted molar refractivity (Wildman–Crippen MR) is 108 cm³/mol. The molecule has 2 aromatic rings. The maximum Gasteiger partial charge on any atom is 0.359 e. The van der Waals surface area contributed by atoms with Gasteiger partial charge in [-0.05, 0) is 43.3 Å². The van der Waals surface area contributed by atoms with Gasteiger partial charge in [-0.2, -0.15) is 0 Å². The summed E-state index contributed by atoms with van der Waals surface area (Å²) in [6.45, 7) is 6.86. The van der Waals surface area contributed by atoms with Gasteiger partial charge >= 0.3 is 5.97 Å². The van der Waals surface area contributed by atoms with Gasteiger partial charge in [0.05, 0.1) is 5.02 Å². The number of esters is 1. The standard InChI is InChI=1S/C20H20Cl2N2O4/c1-11(28-18(26)16-14(21)9-10-15(22)24-16)17(25)12-5-7-13(8-6-12)23-19(27)20(2,3)4/h5-11H,1-4H3,(H,23,27). The molecule has 1 heterocycles. The summed E-state index contributed by atoms with van der Waals surface area (Å²) in [5.74, 6) is -1.39. The normalized spacial score (nSPS) is 12.2. The smallest absolute Gasteiger partial charge is 0.359 e. The van der Waals surface area contributed by atoms with Crippen LogP contribution in [-0.2, 0) is 9.53 Å². The number of anilines is 1. The van der Waals surface area contributed by atoms with Crippen LogP contribution >= 0.6 is 23.2 Å². The highest BCUT2D eigenvalue weighted by Gasteiger charge is 2.24. The highest BCUT2D eigenvalue weighted by atomic mass is 35.5. The van der Waals surface area contributed by atoms with Gasteiger partial charge in [0.2, 0.25) is 11.7 Å². The Morgan fingerprint density at radius 1 is 1.04 bits per heavy atom. The third kappa shape index (κ3) is 5.53. The van der Waals surface area contributed by atoms with Crippen molar-refractivity contribution in [2.45, 2.75) is 33.8 Å².